The molecule has 0 aliphatic carbocycles. The lowest BCUT2D eigenvalue weighted by Crippen LogP contribution is -2.51. The number of nitrogens with zero attached hydrogens (tertiary/aromatic N) is 2. The van der Waals surface area contributed by atoms with Gasteiger partial charge < -0.3 is 15.0 Å². The number of methoxy groups -OCH3 is 1. The number of amides is 2. The minimum absolute atomic E-state index is 0.0328. The molecule has 0 unspecified atom stereocenters. The molecular weight excluding hydrogens is 350 g/mol. The lowest BCUT2D eigenvalue weighted by atomic mass is 10.2. The zero-order valence-corrected chi connectivity index (χ0v) is 15.9. The van der Waals surface area contributed by atoms with Gasteiger partial charge in [0.05, 0.1) is 11.4 Å². The van der Waals surface area contributed by atoms with Gasteiger partial charge in [-0.05, 0) is 23.9 Å². The molecule has 1 saturated heterocycles. The predicted octanol–water partition coefficient (Wildman–Crippen LogP) is 1.81. The highest BCUT2D eigenvalue weighted by atomic mass is 32.1. The van der Waals surface area contributed by atoms with E-state index in [9.17, 15) is 9.59 Å². The molecule has 2 aromatic rings. The Hall–Kier alpha value is -1.96. The summed E-state index contributed by atoms with van der Waals surface area (Å²) in [5.74, 6) is 0.125. The summed E-state index contributed by atoms with van der Waals surface area (Å²) in [6.07, 6.45) is 0.819. The van der Waals surface area contributed by atoms with Crippen molar-refractivity contribution >= 4 is 33.2 Å². The first-order valence-corrected chi connectivity index (χ1v) is 9.75. The molecule has 1 aromatic heterocycles. The summed E-state index contributed by atoms with van der Waals surface area (Å²) in [5.41, 5.74) is 0. The molecule has 1 N–H and O–H groups in total. The number of carbonyl (C=O) groups is 2. The largest absolute Gasteiger partial charge is 0.385 e. The van der Waals surface area contributed by atoms with Gasteiger partial charge in [0.1, 0.15) is 0 Å². The van der Waals surface area contributed by atoms with Crippen molar-refractivity contribution in [3.8, 4) is 0 Å². The van der Waals surface area contributed by atoms with E-state index in [0.717, 1.165) is 34.5 Å². The maximum Gasteiger partial charge on any atom is 0.264 e. The van der Waals surface area contributed by atoms with Gasteiger partial charge in [-0.1, -0.05) is 18.2 Å². The van der Waals surface area contributed by atoms with Crippen molar-refractivity contribution in [2.75, 3.05) is 53.0 Å². The van der Waals surface area contributed by atoms with Gasteiger partial charge in [-0.2, -0.15) is 0 Å². The summed E-state index contributed by atoms with van der Waals surface area (Å²) in [5, 5.41) is 4.02. The fraction of sp³-hybridized carbons (Fsp3) is 0.474. The molecule has 1 aliphatic rings. The minimum Gasteiger partial charge on any atom is -0.385 e. The monoisotopic (exact) mass is 375 g/mol. The Bertz CT molecular complexity index is 720. The summed E-state index contributed by atoms with van der Waals surface area (Å²) < 4.78 is 6.10. The average Bonchev–Trinajstić information content (AvgIpc) is 3.09. The third kappa shape index (κ3) is 4.81. The quantitative estimate of drug-likeness (QED) is 0.750. The second-order valence-electron chi connectivity index (χ2n) is 6.41. The van der Waals surface area contributed by atoms with E-state index in [0.29, 0.717) is 32.8 Å². The highest BCUT2D eigenvalue weighted by Gasteiger charge is 2.24. The summed E-state index contributed by atoms with van der Waals surface area (Å²) >= 11 is 1.54. The number of thiophene rings is 1. The van der Waals surface area contributed by atoms with E-state index in [1.165, 1.54) is 0 Å². The first-order chi connectivity index (χ1) is 12.7. The van der Waals surface area contributed by atoms with Gasteiger partial charge in [-0.15, -0.1) is 11.3 Å². The predicted molar refractivity (Wildman–Crippen MR) is 104 cm³/mol. The van der Waals surface area contributed by atoms with E-state index in [1.807, 2.05) is 35.2 Å². The van der Waals surface area contributed by atoms with E-state index >= 15 is 0 Å². The number of rotatable bonds is 7. The summed E-state index contributed by atoms with van der Waals surface area (Å²) in [6.45, 7) is 4.44. The van der Waals surface area contributed by atoms with Gasteiger partial charge in [0, 0.05) is 51.1 Å². The first-order valence-electron chi connectivity index (χ1n) is 8.93. The number of piperazine rings is 1. The van der Waals surface area contributed by atoms with Crippen LogP contribution in [0.5, 0.6) is 0 Å². The molecule has 0 saturated carbocycles. The van der Waals surface area contributed by atoms with Crippen LogP contribution in [0, 0.1) is 0 Å². The third-order valence-corrected chi connectivity index (χ3v) is 5.61. The SMILES string of the molecule is COCCCNC(=O)CN1CCN(C(=O)c2cc3ccccc3s2)CC1. The van der Waals surface area contributed by atoms with E-state index in [-0.39, 0.29) is 11.8 Å². The molecule has 1 fully saturated rings. The highest BCUT2D eigenvalue weighted by Crippen LogP contribution is 2.26. The molecule has 3 rings (SSSR count). The van der Waals surface area contributed by atoms with E-state index < -0.39 is 0 Å². The summed E-state index contributed by atoms with van der Waals surface area (Å²) in [7, 11) is 1.65. The molecule has 2 heterocycles. The van der Waals surface area contributed by atoms with Crippen molar-refractivity contribution in [2.24, 2.45) is 0 Å². The molecule has 0 atom stereocenters. The number of hydrogen-bond donors (Lipinski definition) is 1. The van der Waals surface area contributed by atoms with Crippen LogP contribution in [-0.2, 0) is 9.53 Å². The standard InChI is InChI=1S/C19H25N3O3S/c1-25-12-4-7-20-18(23)14-21-8-10-22(11-9-21)19(24)17-13-15-5-2-3-6-16(15)26-17/h2-3,5-6,13H,4,7-12,14H2,1H3,(H,20,23). The topological polar surface area (TPSA) is 61.9 Å². The molecule has 0 radical (unpaired) electrons. The van der Waals surface area contributed by atoms with Crippen LogP contribution in [0.1, 0.15) is 16.1 Å². The minimum atomic E-state index is 0.0328. The Balaban J connectivity index is 1.45. The Morgan fingerprint density at radius 2 is 1.96 bits per heavy atom. The second kappa shape index (κ2) is 9.12. The number of fused-ring (bicyclic) bond motifs is 1. The summed E-state index contributed by atoms with van der Waals surface area (Å²) in [6, 6.07) is 10.0. The van der Waals surface area contributed by atoms with Crippen LogP contribution >= 0.6 is 11.3 Å². The van der Waals surface area contributed by atoms with Crippen LogP contribution in [0.4, 0.5) is 0 Å². The van der Waals surface area contributed by atoms with Crippen LogP contribution < -0.4 is 5.32 Å². The van der Waals surface area contributed by atoms with E-state index in [2.05, 4.69) is 10.2 Å². The van der Waals surface area contributed by atoms with E-state index in [1.54, 1.807) is 18.4 Å². The number of carbonyl (C=O) groups excluding carboxylic acids is 2. The smallest absolute Gasteiger partial charge is 0.264 e. The highest BCUT2D eigenvalue weighted by molar-refractivity contribution is 7.20. The lowest BCUT2D eigenvalue weighted by molar-refractivity contribution is -0.122. The van der Waals surface area contributed by atoms with Crippen molar-refractivity contribution in [3.63, 3.8) is 0 Å². The van der Waals surface area contributed by atoms with Crippen molar-refractivity contribution in [1.29, 1.82) is 0 Å². The van der Waals surface area contributed by atoms with Crippen LogP contribution in [-0.4, -0.2) is 74.6 Å². The van der Waals surface area contributed by atoms with Gasteiger partial charge in [0.2, 0.25) is 5.91 Å². The van der Waals surface area contributed by atoms with Crippen LogP contribution in [0.2, 0.25) is 0 Å². The van der Waals surface area contributed by atoms with Gasteiger partial charge >= 0.3 is 0 Å². The van der Waals surface area contributed by atoms with E-state index in [4.69, 9.17) is 4.74 Å². The summed E-state index contributed by atoms with van der Waals surface area (Å²) in [4.78, 5) is 29.4. The maximum absolute atomic E-state index is 12.7. The van der Waals surface area contributed by atoms with Gasteiger partial charge in [0.15, 0.2) is 0 Å². The zero-order chi connectivity index (χ0) is 18.4. The Morgan fingerprint density at radius 3 is 2.69 bits per heavy atom. The molecule has 1 aromatic carbocycles. The number of ether oxygens (including phenoxy) is 1. The van der Waals surface area contributed by atoms with Gasteiger partial charge in [-0.3, -0.25) is 14.5 Å². The molecule has 2 amide bonds. The molecule has 6 nitrogen and oxygen atoms in total. The molecule has 0 bridgehead atoms. The zero-order valence-electron chi connectivity index (χ0n) is 15.1. The number of nitrogens with one attached hydrogen (secondary N) is 1. The fourth-order valence-corrected chi connectivity index (χ4v) is 4.09. The maximum atomic E-state index is 12.7. The first kappa shape index (κ1) is 18.8. The van der Waals surface area contributed by atoms with Crippen molar-refractivity contribution in [1.82, 2.24) is 15.1 Å². The lowest BCUT2D eigenvalue weighted by Gasteiger charge is -2.34. The Labute approximate surface area is 157 Å². The number of benzene rings is 1. The molecule has 0 spiro atoms. The third-order valence-electron chi connectivity index (χ3n) is 4.51. The van der Waals surface area contributed by atoms with Crippen molar-refractivity contribution in [3.05, 3.63) is 35.2 Å². The van der Waals surface area contributed by atoms with Crippen molar-refractivity contribution < 1.29 is 14.3 Å². The van der Waals surface area contributed by atoms with Crippen LogP contribution in [0.15, 0.2) is 30.3 Å². The molecule has 7 heteroatoms. The average molecular weight is 375 g/mol. The second-order valence-corrected chi connectivity index (χ2v) is 7.50. The Kier molecular flexibility index (Phi) is 6.60. The van der Waals surface area contributed by atoms with Crippen LogP contribution in [0.3, 0.4) is 0 Å². The molecule has 1 aliphatic heterocycles. The normalized spacial score (nSPS) is 15.3. The molecule has 140 valence electrons. The Morgan fingerprint density at radius 1 is 1.19 bits per heavy atom. The molecular formula is C19H25N3O3S. The fourth-order valence-electron chi connectivity index (χ4n) is 3.06. The van der Waals surface area contributed by atoms with Gasteiger partial charge in [0.25, 0.3) is 5.91 Å². The number of hydrogen-bond acceptors (Lipinski definition) is 5. The van der Waals surface area contributed by atoms with Gasteiger partial charge in [-0.25, -0.2) is 0 Å². The van der Waals surface area contributed by atoms with Crippen molar-refractivity contribution in [2.45, 2.75) is 6.42 Å². The van der Waals surface area contributed by atoms with Crippen LogP contribution in [0.25, 0.3) is 10.1 Å². The molecule has 26 heavy (non-hydrogen) atoms.